The first-order valence-electron chi connectivity index (χ1n) is 5.03. The smallest absolute Gasteiger partial charge is 0.142 e. The molecule has 0 bridgehead atoms. The predicted molar refractivity (Wildman–Crippen MR) is 72.2 cm³/mol. The number of hydrogen-bond acceptors (Lipinski definition) is 0. The standard InChI is InChI=1S/C12H13ClFN.H2S/c1-7(2)3-8-6-15-12-5-10(13)11(14)4-9(8)12;/h4-7,15H,3H2,1-2H3;1H2. The molecule has 1 aromatic carbocycles. The quantitative estimate of drug-likeness (QED) is 0.829. The van der Waals surface area contributed by atoms with Gasteiger partial charge in [0.15, 0.2) is 0 Å². The number of hydrogen-bond donors (Lipinski definition) is 1. The second-order valence-electron chi connectivity index (χ2n) is 4.22. The fraction of sp³-hybridized carbons (Fsp3) is 0.333. The Morgan fingerprint density at radius 3 is 2.69 bits per heavy atom. The molecule has 1 heterocycles. The van der Waals surface area contributed by atoms with Gasteiger partial charge in [0.05, 0.1) is 5.02 Å². The van der Waals surface area contributed by atoms with Gasteiger partial charge in [-0.3, -0.25) is 0 Å². The maximum atomic E-state index is 13.3. The molecule has 0 radical (unpaired) electrons. The van der Waals surface area contributed by atoms with Gasteiger partial charge in [-0.1, -0.05) is 25.4 Å². The van der Waals surface area contributed by atoms with E-state index in [0.717, 1.165) is 22.9 Å². The van der Waals surface area contributed by atoms with Crippen LogP contribution < -0.4 is 0 Å². The summed E-state index contributed by atoms with van der Waals surface area (Å²) in [7, 11) is 0. The van der Waals surface area contributed by atoms with Gasteiger partial charge in [0.25, 0.3) is 0 Å². The first-order valence-corrected chi connectivity index (χ1v) is 5.40. The summed E-state index contributed by atoms with van der Waals surface area (Å²) in [5.41, 5.74) is 2.05. The van der Waals surface area contributed by atoms with Crippen LogP contribution in [-0.4, -0.2) is 4.98 Å². The van der Waals surface area contributed by atoms with Crippen molar-refractivity contribution in [1.29, 1.82) is 0 Å². The van der Waals surface area contributed by atoms with Crippen molar-refractivity contribution in [1.82, 2.24) is 4.98 Å². The lowest BCUT2D eigenvalue weighted by Gasteiger charge is -2.03. The number of aromatic nitrogens is 1. The Labute approximate surface area is 106 Å². The summed E-state index contributed by atoms with van der Waals surface area (Å²) in [6.07, 6.45) is 2.88. The van der Waals surface area contributed by atoms with E-state index in [-0.39, 0.29) is 24.3 Å². The molecule has 4 heteroatoms. The Kier molecular flexibility index (Phi) is 4.28. The van der Waals surface area contributed by atoms with Crippen LogP contribution in [0.5, 0.6) is 0 Å². The second kappa shape index (κ2) is 5.11. The van der Waals surface area contributed by atoms with Crippen LogP contribution in [0, 0.1) is 11.7 Å². The van der Waals surface area contributed by atoms with E-state index in [1.165, 1.54) is 6.07 Å². The van der Waals surface area contributed by atoms with E-state index in [1.54, 1.807) is 6.07 Å². The van der Waals surface area contributed by atoms with Crippen LogP contribution in [0.4, 0.5) is 4.39 Å². The summed E-state index contributed by atoms with van der Waals surface area (Å²) < 4.78 is 13.3. The number of H-pyrrole nitrogens is 1. The van der Waals surface area contributed by atoms with E-state index in [4.69, 9.17) is 11.6 Å². The third-order valence-electron chi connectivity index (χ3n) is 2.44. The van der Waals surface area contributed by atoms with Gasteiger partial charge in [0.2, 0.25) is 0 Å². The average Bonchev–Trinajstić information content (AvgIpc) is 2.49. The van der Waals surface area contributed by atoms with Crippen LogP contribution in [0.1, 0.15) is 19.4 Å². The molecular formula is C12H15ClFNS. The maximum absolute atomic E-state index is 13.3. The molecule has 2 aromatic rings. The Balaban J connectivity index is 0.00000128. The molecular weight excluding hydrogens is 245 g/mol. The van der Waals surface area contributed by atoms with Gasteiger partial charge >= 0.3 is 0 Å². The van der Waals surface area contributed by atoms with Gasteiger partial charge in [-0.15, -0.1) is 0 Å². The minimum atomic E-state index is -0.353. The monoisotopic (exact) mass is 259 g/mol. The highest BCUT2D eigenvalue weighted by Crippen LogP contribution is 2.26. The third kappa shape index (κ3) is 2.53. The SMILES string of the molecule is CC(C)Cc1c[nH]c2cc(Cl)c(F)cc12.S. The molecule has 1 nitrogen and oxygen atoms in total. The van der Waals surface area contributed by atoms with Gasteiger partial charge in [0.1, 0.15) is 5.82 Å². The van der Waals surface area contributed by atoms with Crippen molar-refractivity contribution >= 4 is 36.0 Å². The van der Waals surface area contributed by atoms with Crippen LogP contribution in [0.2, 0.25) is 5.02 Å². The Bertz CT molecular complexity index is 493. The van der Waals surface area contributed by atoms with E-state index in [9.17, 15) is 4.39 Å². The molecule has 0 spiro atoms. The highest BCUT2D eigenvalue weighted by atomic mass is 35.5. The number of halogens is 2. The Morgan fingerprint density at radius 1 is 1.38 bits per heavy atom. The molecule has 88 valence electrons. The molecule has 0 amide bonds. The highest BCUT2D eigenvalue weighted by Gasteiger charge is 2.09. The number of benzene rings is 1. The zero-order valence-electron chi connectivity index (χ0n) is 9.27. The lowest BCUT2D eigenvalue weighted by Crippen LogP contribution is -1.92. The number of aromatic amines is 1. The van der Waals surface area contributed by atoms with Crippen molar-refractivity contribution in [2.75, 3.05) is 0 Å². The highest BCUT2D eigenvalue weighted by molar-refractivity contribution is 7.59. The van der Waals surface area contributed by atoms with Gasteiger partial charge in [-0.25, -0.2) is 4.39 Å². The van der Waals surface area contributed by atoms with Crippen molar-refractivity contribution in [2.24, 2.45) is 5.92 Å². The fourth-order valence-corrected chi connectivity index (χ4v) is 1.95. The van der Waals surface area contributed by atoms with Gasteiger partial charge in [-0.05, 0) is 30.0 Å². The maximum Gasteiger partial charge on any atom is 0.142 e. The molecule has 0 fully saturated rings. The average molecular weight is 260 g/mol. The van der Waals surface area contributed by atoms with Crippen LogP contribution >= 0.6 is 25.1 Å². The first kappa shape index (κ1) is 13.4. The normalized spacial score (nSPS) is 10.8. The number of fused-ring (bicyclic) bond motifs is 1. The molecule has 0 aliphatic carbocycles. The van der Waals surface area contributed by atoms with Crippen molar-refractivity contribution in [3.8, 4) is 0 Å². The lowest BCUT2D eigenvalue weighted by atomic mass is 10.0. The molecule has 0 saturated carbocycles. The summed E-state index contributed by atoms with van der Waals surface area (Å²) in [4.78, 5) is 3.11. The molecule has 0 atom stereocenters. The molecule has 0 unspecified atom stereocenters. The topological polar surface area (TPSA) is 15.8 Å². The second-order valence-corrected chi connectivity index (χ2v) is 4.63. The molecule has 16 heavy (non-hydrogen) atoms. The van der Waals surface area contributed by atoms with E-state index in [2.05, 4.69) is 18.8 Å². The van der Waals surface area contributed by atoms with Crippen LogP contribution in [0.3, 0.4) is 0 Å². The largest absolute Gasteiger partial charge is 0.361 e. The molecule has 1 N–H and O–H groups in total. The van der Waals surface area contributed by atoms with E-state index < -0.39 is 0 Å². The molecule has 0 aliphatic heterocycles. The van der Waals surface area contributed by atoms with E-state index in [1.807, 2.05) is 6.20 Å². The lowest BCUT2D eigenvalue weighted by molar-refractivity contribution is 0.629. The Morgan fingerprint density at radius 2 is 2.06 bits per heavy atom. The van der Waals surface area contributed by atoms with Crippen molar-refractivity contribution < 1.29 is 4.39 Å². The molecule has 2 rings (SSSR count). The summed E-state index contributed by atoms with van der Waals surface area (Å²) >= 11 is 5.71. The van der Waals surface area contributed by atoms with Crippen LogP contribution in [0.25, 0.3) is 10.9 Å². The van der Waals surface area contributed by atoms with Gasteiger partial charge < -0.3 is 4.98 Å². The molecule has 0 aliphatic rings. The number of rotatable bonds is 2. The zero-order chi connectivity index (χ0) is 11.0. The first-order chi connectivity index (χ1) is 7.08. The van der Waals surface area contributed by atoms with Crippen molar-refractivity contribution in [2.45, 2.75) is 20.3 Å². The van der Waals surface area contributed by atoms with Crippen molar-refractivity contribution in [3.63, 3.8) is 0 Å². The van der Waals surface area contributed by atoms with E-state index >= 15 is 0 Å². The third-order valence-corrected chi connectivity index (χ3v) is 2.73. The van der Waals surface area contributed by atoms with Crippen LogP contribution in [0.15, 0.2) is 18.3 Å². The fourth-order valence-electron chi connectivity index (χ4n) is 1.78. The minimum Gasteiger partial charge on any atom is -0.361 e. The summed E-state index contributed by atoms with van der Waals surface area (Å²) in [6.45, 7) is 4.29. The minimum absolute atomic E-state index is 0. The predicted octanol–water partition coefficient (Wildman–Crippen LogP) is 4.27. The Hall–Kier alpha value is -0.670. The van der Waals surface area contributed by atoms with Crippen molar-refractivity contribution in [3.05, 3.63) is 34.7 Å². The van der Waals surface area contributed by atoms with Gasteiger partial charge in [0, 0.05) is 17.1 Å². The molecule has 1 aromatic heterocycles. The van der Waals surface area contributed by atoms with Gasteiger partial charge in [-0.2, -0.15) is 13.5 Å². The summed E-state index contributed by atoms with van der Waals surface area (Å²) in [5, 5.41) is 1.10. The summed E-state index contributed by atoms with van der Waals surface area (Å²) in [5.74, 6) is 0.205. The number of nitrogens with one attached hydrogen (secondary N) is 1. The van der Waals surface area contributed by atoms with Crippen LogP contribution in [-0.2, 0) is 6.42 Å². The molecule has 0 saturated heterocycles. The van der Waals surface area contributed by atoms with E-state index in [0.29, 0.717) is 5.92 Å². The zero-order valence-corrected chi connectivity index (χ0v) is 11.0. The summed E-state index contributed by atoms with van der Waals surface area (Å²) in [6, 6.07) is 3.14.